The van der Waals surface area contributed by atoms with Gasteiger partial charge in [-0.3, -0.25) is 0 Å². The van der Waals surface area contributed by atoms with Crippen LogP contribution in [0.1, 0.15) is 16.8 Å². The van der Waals surface area contributed by atoms with Crippen molar-refractivity contribution in [3.8, 4) is 0 Å². The van der Waals surface area contributed by atoms with Gasteiger partial charge >= 0.3 is 5.97 Å². The summed E-state index contributed by atoms with van der Waals surface area (Å²) in [6.07, 6.45) is 0.582. The number of carbonyl (C=O) groups is 1. The minimum Gasteiger partial charge on any atom is -0.456 e. The first kappa shape index (κ1) is 10.8. The van der Waals surface area contributed by atoms with Gasteiger partial charge in [0, 0.05) is 17.8 Å². The number of hydrogen-bond donors (Lipinski definition) is 2. The molecule has 1 fully saturated rings. The van der Waals surface area contributed by atoms with Crippen LogP contribution in [-0.4, -0.2) is 25.3 Å². The maximum atomic E-state index is 11.7. The second kappa shape index (κ2) is 4.40. The van der Waals surface area contributed by atoms with Crippen molar-refractivity contribution in [2.24, 2.45) is 0 Å². The van der Waals surface area contributed by atoms with Gasteiger partial charge < -0.3 is 20.9 Å². The third-order valence-corrected chi connectivity index (χ3v) is 2.37. The summed E-state index contributed by atoms with van der Waals surface area (Å²) in [6.45, 7) is 1.10. The summed E-state index contributed by atoms with van der Waals surface area (Å²) in [6, 6.07) is 4.69. The zero-order valence-electron chi connectivity index (χ0n) is 8.81. The number of benzene rings is 1. The first-order valence-corrected chi connectivity index (χ1v) is 5.10. The zero-order chi connectivity index (χ0) is 11.5. The number of anilines is 2. The fourth-order valence-corrected chi connectivity index (χ4v) is 1.62. The van der Waals surface area contributed by atoms with E-state index in [9.17, 15) is 4.79 Å². The van der Waals surface area contributed by atoms with Crippen LogP contribution in [0.3, 0.4) is 0 Å². The van der Waals surface area contributed by atoms with E-state index in [1.54, 1.807) is 18.2 Å². The van der Waals surface area contributed by atoms with Crippen molar-refractivity contribution in [1.82, 2.24) is 0 Å². The molecule has 1 unspecified atom stereocenters. The SMILES string of the molecule is Nc1cc(N)cc(C(=O)OC2CCOC2)c1. The van der Waals surface area contributed by atoms with E-state index in [1.807, 2.05) is 0 Å². The lowest BCUT2D eigenvalue weighted by atomic mass is 10.2. The van der Waals surface area contributed by atoms with Gasteiger partial charge in [0.15, 0.2) is 0 Å². The quantitative estimate of drug-likeness (QED) is 0.570. The maximum absolute atomic E-state index is 11.7. The molecule has 1 aliphatic rings. The van der Waals surface area contributed by atoms with Crippen LogP contribution in [0.2, 0.25) is 0 Å². The van der Waals surface area contributed by atoms with Gasteiger partial charge in [0.25, 0.3) is 0 Å². The predicted molar refractivity (Wildman–Crippen MR) is 59.9 cm³/mol. The molecule has 0 spiro atoms. The Kier molecular flexibility index (Phi) is 2.96. The van der Waals surface area contributed by atoms with Crippen molar-refractivity contribution >= 4 is 17.3 Å². The molecule has 0 aromatic heterocycles. The summed E-state index contributed by atoms with van der Waals surface area (Å²) in [5, 5.41) is 0. The highest BCUT2D eigenvalue weighted by Gasteiger charge is 2.21. The van der Waals surface area contributed by atoms with Crippen molar-refractivity contribution in [3.05, 3.63) is 23.8 Å². The van der Waals surface area contributed by atoms with Crippen LogP contribution >= 0.6 is 0 Å². The Hall–Kier alpha value is -1.75. The second-order valence-electron chi connectivity index (χ2n) is 3.78. The van der Waals surface area contributed by atoms with Gasteiger partial charge in [-0.25, -0.2) is 4.79 Å². The van der Waals surface area contributed by atoms with Crippen molar-refractivity contribution in [1.29, 1.82) is 0 Å². The third-order valence-electron chi connectivity index (χ3n) is 2.37. The lowest BCUT2D eigenvalue weighted by Crippen LogP contribution is -2.18. The smallest absolute Gasteiger partial charge is 0.338 e. The van der Waals surface area contributed by atoms with E-state index in [4.69, 9.17) is 20.9 Å². The summed E-state index contributed by atoms with van der Waals surface area (Å²) in [5.41, 5.74) is 12.5. The highest BCUT2D eigenvalue weighted by molar-refractivity contribution is 5.91. The molecular formula is C11H14N2O3. The van der Waals surface area contributed by atoms with E-state index in [2.05, 4.69) is 0 Å². The number of carbonyl (C=O) groups excluding carboxylic acids is 1. The maximum Gasteiger partial charge on any atom is 0.338 e. The van der Waals surface area contributed by atoms with Gasteiger partial charge in [-0.05, 0) is 18.2 Å². The number of nitrogen functional groups attached to an aromatic ring is 2. The largest absolute Gasteiger partial charge is 0.456 e. The first-order valence-electron chi connectivity index (χ1n) is 5.10. The Bertz CT molecular complexity index is 380. The highest BCUT2D eigenvalue weighted by atomic mass is 16.6. The Labute approximate surface area is 93.3 Å². The highest BCUT2D eigenvalue weighted by Crippen LogP contribution is 2.17. The summed E-state index contributed by atoms with van der Waals surface area (Å²) in [7, 11) is 0. The number of rotatable bonds is 2. The van der Waals surface area contributed by atoms with E-state index in [0.29, 0.717) is 30.2 Å². The van der Waals surface area contributed by atoms with Crippen molar-refractivity contribution in [3.63, 3.8) is 0 Å². The molecule has 0 radical (unpaired) electrons. The van der Waals surface area contributed by atoms with E-state index >= 15 is 0 Å². The molecule has 1 aliphatic heterocycles. The Morgan fingerprint density at radius 2 is 2.00 bits per heavy atom. The molecule has 1 saturated heterocycles. The van der Waals surface area contributed by atoms with Crippen LogP contribution in [-0.2, 0) is 9.47 Å². The van der Waals surface area contributed by atoms with Crippen LogP contribution in [0.15, 0.2) is 18.2 Å². The van der Waals surface area contributed by atoms with Crippen LogP contribution in [0.25, 0.3) is 0 Å². The molecule has 0 bridgehead atoms. The second-order valence-corrected chi connectivity index (χ2v) is 3.78. The molecule has 4 N–H and O–H groups in total. The Morgan fingerprint density at radius 1 is 1.31 bits per heavy atom. The topological polar surface area (TPSA) is 87.6 Å². The molecule has 86 valence electrons. The Balaban J connectivity index is 2.07. The molecule has 2 rings (SSSR count). The molecule has 0 aliphatic carbocycles. The number of ether oxygens (including phenoxy) is 2. The van der Waals surface area contributed by atoms with Crippen LogP contribution < -0.4 is 11.5 Å². The Morgan fingerprint density at radius 3 is 2.56 bits per heavy atom. The first-order chi connectivity index (χ1) is 7.65. The van der Waals surface area contributed by atoms with E-state index in [-0.39, 0.29) is 6.10 Å². The minimum absolute atomic E-state index is 0.157. The van der Waals surface area contributed by atoms with Gasteiger partial charge in [0.2, 0.25) is 0 Å². The number of esters is 1. The molecule has 5 heteroatoms. The van der Waals surface area contributed by atoms with Gasteiger partial charge in [-0.1, -0.05) is 0 Å². The molecule has 5 nitrogen and oxygen atoms in total. The normalized spacial score (nSPS) is 19.6. The predicted octanol–water partition coefficient (Wildman–Crippen LogP) is 0.797. The van der Waals surface area contributed by atoms with Crippen molar-refractivity contribution < 1.29 is 14.3 Å². The molecule has 1 aromatic rings. The summed E-state index contributed by atoms with van der Waals surface area (Å²) >= 11 is 0. The lowest BCUT2D eigenvalue weighted by molar-refractivity contribution is 0.0271. The third kappa shape index (κ3) is 2.43. The lowest BCUT2D eigenvalue weighted by Gasteiger charge is -2.10. The average molecular weight is 222 g/mol. The van der Waals surface area contributed by atoms with Gasteiger partial charge in [0.1, 0.15) is 6.10 Å². The van der Waals surface area contributed by atoms with Crippen LogP contribution in [0, 0.1) is 0 Å². The average Bonchev–Trinajstić information content (AvgIpc) is 2.68. The number of hydrogen-bond acceptors (Lipinski definition) is 5. The van der Waals surface area contributed by atoms with E-state index in [0.717, 1.165) is 6.42 Å². The molecule has 0 amide bonds. The molecule has 1 aromatic carbocycles. The van der Waals surface area contributed by atoms with Crippen LogP contribution in [0.5, 0.6) is 0 Å². The monoisotopic (exact) mass is 222 g/mol. The minimum atomic E-state index is -0.408. The fourth-order valence-electron chi connectivity index (χ4n) is 1.62. The van der Waals surface area contributed by atoms with Gasteiger partial charge in [-0.2, -0.15) is 0 Å². The number of nitrogens with two attached hydrogens (primary N) is 2. The standard InChI is InChI=1S/C11H14N2O3/c12-8-3-7(4-9(13)5-8)11(14)16-10-1-2-15-6-10/h3-5,10H,1-2,6,12-13H2. The summed E-state index contributed by atoms with van der Waals surface area (Å²) < 4.78 is 10.3. The van der Waals surface area contributed by atoms with Crippen LogP contribution in [0.4, 0.5) is 11.4 Å². The van der Waals surface area contributed by atoms with Gasteiger partial charge in [-0.15, -0.1) is 0 Å². The molecule has 16 heavy (non-hydrogen) atoms. The summed E-state index contributed by atoms with van der Waals surface area (Å²) in [4.78, 5) is 11.7. The van der Waals surface area contributed by atoms with Gasteiger partial charge in [0.05, 0.1) is 18.8 Å². The van der Waals surface area contributed by atoms with Crippen molar-refractivity contribution in [2.75, 3.05) is 24.7 Å². The molecular weight excluding hydrogens is 208 g/mol. The summed E-state index contributed by atoms with van der Waals surface area (Å²) in [5.74, 6) is -0.408. The molecule has 1 heterocycles. The zero-order valence-corrected chi connectivity index (χ0v) is 8.81. The van der Waals surface area contributed by atoms with E-state index < -0.39 is 5.97 Å². The van der Waals surface area contributed by atoms with Crippen molar-refractivity contribution in [2.45, 2.75) is 12.5 Å². The molecule has 0 saturated carbocycles. The van der Waals surface area contributed by atoms with E-state index in [1.165, 1.54) is 0 Å². The molecule has 1 atom stereocenters. The fraction of sp³-hybridized carbons (Fsp3) is 0.364.